The molecule has 2 nitrogen and oxygen atoms in total. The van der Waals surface area contributed by atoms with Crippen molar-refractivity contribution in [2.45, 2.75) is 48.0 Å². The van der Waals surface area contributed by atoms with Gasteiger partial charge in [-0.05, 0) is 28.4 Å². The number of hydrogen-bond acceptors (Lipinski definition) is 2. The Labute approximate surface area is 118 Å². The first-order valence-corrected chi connectivity index (χ1v) is 7.57. The molecule has 1 aliphatic heterocycles. The van der Waals surface area contributed by atoms with Gasteiger partial charge in [-0.2, -0.15) is 12.6 Å². The molecular formula is C15H29NOS. The number of carbonyl (C=O) groups excluding carboxylic acids is 1. The highest BCUT2D eigenvalue weighted by molar-refractivity contribution is 7.80. The largest absolute Gasteiger partial charge is 0.342 e. The molecule has 0 aromatic carbocycles. The summed E-state index contributed by atoms with van der Waals surface area (Å²) in [5.74, 6) is 2.12. The Balaban J connectivity index is 2.67. The molecule has 0 radical (unpaired) electrons. The summed E-state index contributed by atoms with van der Waals surface area (Å²) in [5.41, 5.74) is 0.435. The monoisotopic (exact) mass is 271 g/mol. The molecule has 0 aromatic heterocycles. The number of likely N-dealkylation sites (tertiary alicyclic amines) is 1. The van der Waals surface area contributed by atoms with Crippen LogP contribution < -0.4 is 0 Å². The van der Waals surface area contributed by atoms with Crippen LogP contribution in [0.2, 0.25) is 0 Å². The van der Waals surface area contributed by atoms with Crippen molar-refractivity contribution < 1.29 is 4.79 Å². The zero-order valence-corrected chi connectivity index (χ0v) is 13.7. The Kier molecular flexibility index (Phi) is 4.80. The quantitative estimate of drug-likeness (QED) is 0.779. The Morgan fingerprint density at radius 1 is 1.28 bits per heavy atom. The van der Waals surface area contributed by atoms with Crippen LogP contribution in [0.15, 0.2) is 0 Å². The highest BCUT2D eigenvalue weighted by Crippen LogP contribution is 2.36. The number of amides is 1. The van der Waals surface area contributed by atoms with Gasteiger partial charge in [-0.15, -0.1) is 0 Å². The maximum Gasteiger partial charge on any atom is 0.222 e. The maximum atomic E-state index is 12.1. The van der Waals surface area contributed by atoms with Crippen molar-refractivity contribution in [3.05, 3.63) is 0 Å². The summed E-state index contributed by atoms with van der Waals surface area (Å²) in [6.07, 6.45) is 0.715. The van der Waals surface area contributed by atoms with Crippen LogP contribution in [0, 0.1) is 22.7 Å². The van der Waals surface area contributed by atoms with Gasteiger partial charge in [0, 0.05) is 19.5 Å². The minimum Gasteiger partial charge on any atom is -0.342 e. The standard InChI is InChI=1S/C15H29NOS/c1-14(2,3)11-7-13(17)16(8-11)9-12(10-18)15(4,5)6/h11-12,18H,7-10H2,1-6H3. The fourth-order valence-electron chi connectivity index (χ4n) is 2.40. The molecule has 1 aliphatic rings. The van der Waals surface area contributed by atoms with Crippen LogP contribution in [0.1, 0.15) is 48.0 Å². The molecule has 1 fully saturated rings. The summed E-state index contributed by atoms with van der Waals surface area (Å²) in [6, 6.07) is 0. The first-order valence-electron chi connectivity index (χ1n) is 6.94. The Morgan fingerprint density at radius 2 is 1.83 bits per heavy atom. The highest BCUT2D eigenvalue weighted by atomic mass is 32.1. The van der Waals surface area contributed by atoms with Gasteiger partial charge in [-0.1, -0.05) is 41.5 Å². The lowest BCUT2D eigenvalue weighted by Gasteiger charge is -2.33. The molecule has 106 valence electrons. The van der Waals surface area contributed by atoms with E-state index in [1.807, 2.05) is 0 Å². The summed E-state index contributed by atoms with van der Waals surface area (Å²) >= 11 is 4.45. The number of hydrogen-bond donors (Lipinski definition) is 1. The fraction of sp³-hybridized carbons (Fsp3) is 0.933. The minimum absolute atomic E-state index is 0.210. The van der Waals surface area contributed by atoms with Crippen LogP contribution in [0.25, 0.3) is 0 Å². The molecule has 1 heterocycles. The van der Waals surface area contributed by atoms with E-state index < -0.39 is 0 Å². The summed E-state index contributed by atoms with van der Waals surface area (Å²) in [5, 5.41) is 0. The zero-order chi connectivity index (χ0) is 14.1. The van der Waals surface area contributed by atoms with Crippen molar-refractivity contribution in [1.29, 1.82) is 0 Å². The van der Waals surface area contributed by atoms with Crippen LogP contribution in [0.5, 0.6) is 0 Å². The number of thiol groups is 1. The van der Waals surface area contributed by atoms with Gasteiger partial charge in [0.05, 0.1) is 0 Å². The van der Waals surface area contributed by atoms with Crippen molar-refractivity contribution in [2.24, 2.45) is 22.7 Å². The van der Waals surface area contributed by atoms with E-state index in [0.29, 0.717) is 24.2 Å². The lowest BCUT2D eigenvalue weighted by molar-refractivity contribution is -0.128. The SMILES string of the molecule is CC(C)(C)C(CS)CN1CC(C(C)(C)C)CC1=O. The van der Waals surface area contributed by atoms with E-state index in [0.717, 1.165) is 18.8 Å². The van der Waals surface area contributed by atoms with Crippen molar-refractivity contribution >= 4 is 18.5 Å². The van der Waals surface area contributed by atoms with Crippen molar-refractivity contribution in [1.82, 2.24) is 4.90 Å². The van der Waals surface area contributed by atoms with Gasteiger partial charge in [0.1, 0.15) is 0 Å². The molecular weight excluding hydrogens is 242 g/mol. The molecule has 2 unspecified atom stereocenters. The molecule has 0 aromatic rings. The van der Waals surface area contributed by atoms with E-state index in [2.05, 4.69) is 59.1 Å². The second-order valence-electron chi connectivity index (χ2n) is 7.81. The van der Waals surface area contributed by atoms with Gasteiger partial charge in [0.15, 0.2) is 0 Å². The molecule has 0 bridgehead atoms. The molecule has 1 saturated heterocycles. The van der Waals surface area contributed by atoms with Gasteiger partial charge < -0.3 is 4.90 Å². The molecule has 0 saturated carbocycles. The normalized spacial score (nSPS) is 23.6. The lowest BCUT2D eigenvalue weighted by Crippen LogP contribution is -2.38. The molecule has 0 N–H and O–H groups in total. The smallest absolute Gasteiger partial charge is 0.222 e. The van der Waals surface area contributed by atoms with E-state index in [1.54, 1.807) is 0 Å². The van der Waals surface area contributed by atoms with Crippen molar-refractivity contribution in [3.63, 3.8) is 0 Å². The topological polar surface area (TPSA) is 20.3 Å². The molecule has 0 aliphatic carbocycles. The maximum absolute atomic E-state index is 12.1. The third-order valence-corrected chi connectivity index (χ3v) is 4.77. The van der Waals surface area contributed by atoms with Crippen LogP contribution in [-0.2, 0) is 4.79 Å². The van der Waals surface area contributed by atoms with Crippen LogP contribution in [0.4, 0.5) is 0 Å². The molecule has 3 heteroatoms. The lowest BCUT2D eigenvalue weighted by atomic mass is 9.80. The van der Waals surface area contributed by atoms with Crippen LogP contribution >= 0.6 is 12.6 Å². The predicted molar refractivity (Wildman–Crippen MR) is 80.9 cm³/mol. The predicted octanol–water partition coefficient (Wildman–Crippen LogP) is 3.47. The molecule has 2 atom stereocenters. The Bertz CT molecular complexity index is 301. The van der Waals surface area contributed by atoms with Gasteiger partial charge in [-0.3, -0.25) is 4.79 Å². The van der Waals surface area contributed by atoms with Crippen molar-refractivity contribution in [3.8, 4) is 0 Å². The molecule has 18 heavy (non-hydrogen) atoms. The summed E-state index contributed by atoms with van der Waals surface area (Å²) in [6.45, 7) is 15.2. The zero-order valence-electron chi connectivity index (χ0n) is 12.8. The molecule has 1 amide bonds. The van der Waals surface area contributed by atoms with Crippen molar-refractivity contribution in [2.75, 3.05) is 18.8 Å². The Morgan fingerprint density at radius 3 is 2.17 bits per heavy atom. The van der Waals surface area contributed by atoms with E-state index in [-0.39, 0.29) is 10.8 Å². The Hall–Kier alpha value is -0.180. The average Bonchev–Trinajstić information content (AvgIpc) is 2.54. The van der Waals surface area contributed by atoms with Gasteiger partial charge in [-0.25, -0.2) is 0 Å². The minimum atomic E-state index is 0.210. The summed E-state index contributed by atoms with van der Waals surface area (Å²) in [4.78, 5) is 14.2. The second-order valence-corrected chi connectivity index (χ2v) is 8.18. The first kappa shape index (κ1) is 15.9. The number of nitrogens with zero attached hydrogens (tertiary/aromatic N) is 1. The van der Waals surface area contributed by atoms with E-state index in [4.69, 9.17) is 0 Å². The first-order chi connectivity index (χ1) is 8.05. The van der Waals surface area contributed by atoms with E-state index in [1.165, 1.54) is 0 Å². The summed E-state index contributed by atoms with van der Waals surface area (Å²) in [7, 11) is 0. The average molecular weight is 271 g/mol. The van der Waals surface area contributed by atoms with Gasteiger partial charge in [0.25, 0.3) is 0 Å². The number of rotatable bonds is 3. The van der Waals surface area contributed by atoms with Gasteiger partial charge >= 0.3 is 0 Å². The molecule has 0 spiro atoms. The van der Waals surface area contributed by atoms with Gasteiger partial charge in [0.2, 0.25) is 5.91 Å². The fourth-order valence-corrected chi connectivity index (χ4v) is 3.06. The number of carbonyl (C=O) groups is 1. The third kappa shape index (κ3) is 3.91. The summed E-state index contributed by atoms with van der Waals surface area (Å²) < 4.78 is 0. The highest BCUT2D eigenvalue weighted by Gasteiger charge is 2.38. The van der Waals surface area contributed by atoms with Crippen LogP contribution in [-0.4, -0.2) is 29.6 Å². The van der Waals surface area contributed by atoms with E-state index >= 15 is 0 Å². The van der Waals surface area contributed by atoms with E-state index in [9.17, 15) is 4.79 Å². The second kappa shape index (κ2) is 5.44. The molecule has 1 rings (SSSR count). The van der Waals surface area contributed by atoms with Crippen LogP contribution in [0.3, 0.4) is 0 Å². The third-order valence-electron chi connectivity index (χ3n) is 4.33.